The molecule has 1 saturated carbocycles. The molecule has 5 heteroatoms. The van der Waals surface area contributed by atoms with Crippen LogP contribution in [0.1, 0.15) is 44.6 Å². The number of carbonyl (C=O) groups is 1. The summed E-state index contributed by atoms with van der Waals surface area (Å²) in [7, 11) is 1.67. The van der Waals surface area contributed by atoms with Crippen LogP contribution in [0.2, 0.25) is 0 Å². The van der Waals surface area contributed by atoms with Crippen LogP contribution in [-0.4, -0.2) is 37.9 Å². The maximum atomic E-state index is 12.1. The van der Waals surface area contributed by atoms with Crippen molar-refractivity contribution in [2.75, 3.05) is 13.7 Å². The zero-order chi connectivity index (χ0) is 18.5. The van der Waals surface area contributed by atoms with Crippen LogP contribution >= 0.6 is 0 Å². The third kappa shape index (κ3) is 5.21. The number of rotatable bonds is 6. The van der Waals surface area contributed by atoms with Gasteiger partial charge in [-0.25, -0.2) is 0 Å². The van der Waals surface area contributed by atoms with E-state index in [1.807, 2.05) is 19.1 Å². The number of benzene rings is 1. The topological polar surface area (TPSA) is 70.8 Å². The van der Waals surface area contributed by atoms with Crippen LogP contribution in [0.4, 0.5) is 0 Å². The maximum absolute atomic E-state index is 12.1. The largest absolute Gasteiger partial charge is 0.497 e. The second-order valence-corrected chi connectivity index (χ2v) is 7.73. The van der Waals surface area contributed by atoms with Crippen LogP contribution in [0.3, 0.4) is 0 Å². The van der Waals surface area contributed by atoms with E-state index in [1.54, 1.807) is 7.11 Å². The van der Waals surface area contributed by atoms with Crippen LogP contribution in [0.25, 0.3) is 0 Å². The van der Waals surface area contributed by atoms with Crippen molar-refractivity contribution in [1.82, 2.24) is 0 Å². The number of ether oxygens (including phenoxy) is 3. The molecule has 0 unspecified atom stereocenters. The van der Waals surface area contributed by atoms with Gasteiger partial charge in [0.1, 0.15) is 17.9 Å². The van der Waals surface area contributed by atoms with E-state index < -0.39 is 6.04 Å². The van der Waals surface area contributed by atoms with Gasteiger partial charge in [-0.1, -0.05) is 18.6 Å². The summed E-state index contributed by atoms with van der Waals surface area (Å²) in [6.45, 7) is 2.70. The summed E-state index contributed by atoms with van der Waals surface area (Å²) in [6, 6.07) is 7.66. The van der Waals surface area contributed by atoms with Crippen LogP contribution in [-0.2, 0) is 20.7 Å². The van der Waals surface area contributed by atoms with Gasteiger partial charge in [0.05, 0.1) is 13.2 Å². The van der Waals surface area contributed by atoms with Gasteiger partial charge in [0.2, 0.25) is 0 Å². The first-order valence-corrected chi connectivity index (χ1v) is 9.77. The molecule has 0 amide bonds. The van der Waals surface area contributed by atoms with Crippen molar-refractivity contribution in [2.24, 2.45) is 17.6 Å². The van der Waals surface area contributed by atoms with Gasteiger partial charge in [0.15, 0.2) is 0 Å². The van der Waals surface area contributed by atoms with Gasteiger partial charge in [0, 0.05) is 6.61 Å². The molecule has 0 spiro atoms. The lowest BCUT2D eigenvalue weighted by molar-refractivity contribution is -0.160. The Morgan fingerprint density at radius 1 is 1.15 bits per heavy atom. The molecule has 0 aromatic heterocycles. The smallest absolute Gasteiger partial charge is 0.323 e. The van der Waals surface area contributed by atoms with Crippen LogP contribution < -0.4 is 10.5 Å². The van der Waals surface area contributed by atoms with E-state index >= 15 is 0 Å². The summed E-state index contributed by atoms with van der Waals surface area (Å²) in [5.41, 5.74) is 7.21. The van der Waals surface area contributed by atoms with Gasteiger partial charge < -0.3 is 19.9 Å². The summed E-state index contributed by atoms with van der Waals surface area (Å²) in [5.74, 6) is 1.53. The second kappa shape index (κ2) is 8.87. The monoisotopic (exact) mass is 361 g/mol. The first-order valence-electron chi connectivity index (χ1n) is 9.77. The molecule has 1 aromatic rings. The number of esters is 1. The van der Waals surface area contributed by atoms with E-state index in [0.29, 0.717) is 18.3 Å². The average molecular weight is 361 g/mol. The molecule has 0 radical (unpaired) electrons. The highest BCUT2D eigenvalue weighted by Gasteiger charge is 2.35. The molecule has 1 aromatic carbocycles. The highest BCUT2D eigenvalue weighted by molar-refractivity contribution is 5.75. The Balaban J connectivity index is 1.74. The number of carbonyl (C=O) groups excluding carboxylic acids is 1. The van der Waals surface area contributed by atoms with Crippen molar-refractivity contribution < 1.29 is 19.0 Å². The molecule has 2 N–H and O–H groups in total. The molecule has 3 rings (SSSR count). The number of methoxy groups -OCH3 is 1. The predicted molar refractivity (Wildman–Crippen MR) is 100 cm³/mol. The van der Waals surface area contributed by atoms with E-state index in [9.17, 15) is 4.79 Å². The molecule has 1 aliphatic heterocycles. The molecule has 4 atom stereocenters. The van der Waals surface area contributed by atoms with E-state index in [-0.39, 0.29) is 18.2 Å². The van der Waals surface area contributed by atoms with Crippen molar-refractivity contribution in [2.45, 2.75) is 63.7 Å². The summed E-state index contributed by atoms with van der Waals surface area (Å²) in [4.78, 5) is 12.1. The number of hydrogen-bond donors (Lipinski definition) is 1. The van der Waals surface area contributed by atoms with Crippen LogP contribution in [0, 0.1) is 11.8 Å². The summed E-state index contributed by atoms with van der Waals surface area (Å²) < 4.78 is 17.2. The van der Waals surface area contributed by atoms with E-state index in [2.05, 4.69) is 12.1 Å². The van der Waals surface area contributed by atoms with Gasteiger partial charge >= 0.3 is 5.97 Å². The lowest BCUT2D eigenvalue weighted by Gasteiger charge is -2.31. The van der Waals surface area contributed by atoms with E-state index in [4.69, 9.17) is 19.9 Å². The Morgan fingerprint density at radius 2 is 1.88 bits per heavy atom. The molecule has 1 aliphatic carbocycles. The molecule has 26 heavy (non-hydrogen) atoms. The minimum absolute atomic E-state index is 0.0908. The zero-order valence-corrected chi connectivity index (χ0v) is 15.9. The molecule has 5 nitrogen and oxygen atoms in total. The Bertz CT molecular complexity index is 584. The minimum Gasteiger partial charge on any atom is -0.497 e. The highest BCUT2D eigenvalue weighted by atomic mass is 16.6. The highest BCUT2D eigenvalue weighted by Crippen LogP contribution is 2.32. The van der Waals surface area contributed by atoms with Gasteiger partial charge in [-0.2, -0.15) is 0 Å². The van der Waals surface area contributed by atoms with Crippen LogP contribution in [0.15, 0.2) is 24.3 Å². The zero-order valence-electron chi connectivity index (χ0n) is 15.9. The lowest BCUT2D eigenvalue weighted by atomic mass is 9.87. The standard InChI is InChI=1S/C21H31NO4/c1-14-20(25-13-16-6-7-16)17(4-3-5-19(22)21(23)26-14)12-15-8-10-18(24-2)11-9-15/h8-11,14,16-17,19-20H,3-7,12-13,22H2,1-2H3/t14-,17+,19-,20-/m0/s1. The molecule has 2 aliphatic rings. The van der Waals surface area contributed by atoms with Gasteiger partial charge in [0.25, 0.3) is 0 Å². The molecular formula is C21H31NO4. The van der Waals surface area contributed by atoms with E-state index in [1.165, 1.54) is 18.4 Å². The van der Waals surface area contributed by atoms with Crippen molar-refractivity contribution in [3.05, 3.63) is 29.8 Å². The Hall–Kier alpha value is -1.59. The fraction of sp³-hybridized carbons (Fsp3) is 0.667. The number of hydrogen-bond acceptors (Lipinski definition) is 5. The third-order valence-electron chi connectivity index (χ3n) is 5.50. The molecule has 1 saturated heterocycles. The lowest BCUT2D eigenvalue weighted by Crippen LogP contribution is -2.41. The third-order valence-corrected chi connectivity index (χ3v) is 5.50. The first-order chi connectivity index (χ1) is 12.6. The second-order valence-electron chi connectivity index (χ2n) is 7.73. The first kappa shape index (κ1) is 19.2. The van der Waals surface area contributed by atoms with Crippen molar-refractivity contribution in [3.8, 4) is 5.75 Å². The summed E-state index contributed by atoms with van der Waals surface area (Å²) in [6.07, 6.45) is 5.57. The van der Waals surface area contributed by atoms with Gasteiger partial charge in [-0.15, -0.1) is 0 Å². The predicted octanol–water partition coefficient (Wildman–Crippen LogP) is 3.09. The normalized spacial score (nSPS) is 30.0. The SMILES string of the molecule is COc1ccc(C[C@H]2CCC[C@H](N)C(=O)O[C@@H](C)[C@@H]2OCC2CC2)cc1. The van der Waals surface area contributed by atoms with Crippen LogP contribution in [0.5, 0.6) is 5.75 Å². The Kier molecular flexibility index (Phi) is 6.54. The van der Waals surface area contributed by atoms with Gasteiger partial charge in [-0.05, 0) is 68.6 Å². The quantitative estimate of drug-likeness (QED) is 0.789. The number of cyclic esters (lactones) is 1. The van der Waals surface area contributed by atoms with E-state index in [0.717, 1.165) is 31.6 Å². The fourth-order valence-electron chi connectivity index (χ4n) is 3.69. The Labute approximate surface area is 156 Å². The molecule has 1 heterocycles. The molecular weight excluding hydrogens is 330 g/mol. The van der Waals surface area contributed by atoms with Crippen molar-refractivity contribution in [1.29, 1.82) is 0 Å². The van der Waals surface area contributed by atoms with Gasteiger partial charge in [-0.3, -0.25) is 4.79 Å². The molecule has 2 fully saturated rings. The number of nitrogens with two attached hydrogens (primary N) is 1. The Morgan fingerprint density at radius 3 is 2.54 bits per heavy atom. The molecule has 0 bridgehead atoms. The fourth-order valence-corrected chi connectivity index (χ4v) is 3.69. The average Bonchev–Trinajstić information content (AvgIpc) is 3.45. The maximum Gasteiger partial charge on any atom is 0.323 e. The summed E-state index contributed by atoms with van der Waals surface area (Å²) in [5, 5.41) is 0. The molecule has 144 valence electrons. The summed E-state index contributed by atoms with van der Waals surface area (Å²) >= 11 is 0. The minimum atomic E-state index is -0.527. The van der Waals surface area contributed by atoms with Crippen molar-refractivity contribution in [3.63, 3.8) is 0 Å². The van der Waals surface area contributed by atoms with Crippen molar-refractivity contribution >= 4 is 5.97 Å².